The Hall–Kier alpha value is -1.18. The predicted molar refractivity (Wildman–Crippen MR) is 38.3 cm³/mol. The van der Waals surface area contributed by atoms with E-state index in [2.05, 4.69) is 30.4 Å². The summed E-state index contributed by atoms with van der Waals surface area (Å²) in [6, 6.07) is 0. The van der Waals surface area contributed by atoms with Crippen molar-refractivity contribution in [2.24, 2.45) is 0 Å². The predicted octanol–water partition coefficient (Wildman–Crippen LogP) is 1.07. The van der Waals surface area contributed by atoms with E-state index in [1.165, 1.54) is 0 Å². The van der Waals surface area contributed by atoms with Crippen molar-refractivity contribution in [1.29, 1.82) is 0 Å². The molecule has 0 atom stereocenters. The van der Waals surface area contributed by atoms with E-state index in [0.29, 0.717) is 0 Å². The third-order valence-corrected chi connectivity index (χ3v) is 1.08. The van der Waals surface area contributed by atoms with Crippen molar-refractivity contribution in [1.82, 2.24) is 10.6 Å². The zero-order valence-corrected chi connectivity index (χ0v) is 5.33. The molecule has 1 aliphatic heterocycles. The normalized spacial score (nSPS) is 18.9. The minimum atomic E-state index is 0.760. The summed E-state index contributed by atoms with van der Waals surface area (Å²) in [4.78, 5) is 0. The second-order valence-corrected chi connectivity index (χ2v) is 2.11. The van der Waals surface area contributed by atoms with Gasteiger partial charge in [-0.2, -0.15) is 0 Å². The second kappa shape index (κ2) is 1.97. The molecule has 0 aliphatic carbocycles. The lowest BCUT2D eigenvalue weighted by atomic mass is 10.2. The van der Waals surface area contributed by atoms with Crippen LogP contribution in [0.25, 0.3) is 0 Å². The molecule has 9 heavy (non-hydrogen) atoms. The highest BCUT2D eigenvalue weighted by Crippen LogP contribution is 2.08. The molecule has 48 valence electrons. The molecule has 2 N–H and O–H groups in total. The lowest BCUT2D eigenvalue weighted by Gasteiger charge is -2.21. The molecule has 0 radical (unpaired) electrons. The maximum atomic E-state index is 3.74. The van der Waals surface area contributed by atoms with Crippen molar-refractivity contribution < 1.29 is 0 Å². The zero-order chi connectivity index (χ0) is 6.85. The Morgan fingerprint density at radius 2 is 1.44 bits per heavy atom. The minimum absolute atomic E-state index is 0.760. The van der Waals surface area contributed by atoms with Crippen molar-refractivity contribution >= 4 is 0 Å². The summed E-state index contributed by atoms with van der Waals surface area (Å²) in [5, 5.41) is 5.90. The van der Waals surface area contributed by atoms with Gasteiger partial charge in [-0.25, -0.2) is 0 Å². The van der Waals surface area contributed by atoms with Gasteiger partial charge >= 0.3 is 0 Å². The molecule has 0 aromatic heterocycles. The fourth-order valence-corrected chi connectivity index (χ4v) is 0.804. The third-order valence-electron chi connectivity index (χ3n) is 1.08. The van der Waals surface area contributed by atoms with Gasteiger partial charge < -0.3 is 10.6 Å². The van der Waals surface area contributed by atoms with Crippen LogP contribution in [0.5, 0.6) is 0 Å². The van der Waals surface area contributed by atoms with Crippen LogP contribution in [0.4, 0.5) is 0 Å². The van der Waals surface area contributed by atoms with Crippen LogP contribution in [0, 0.1) is 0 Å². The molecular formula is C7H10N2. The van der Waals surface area contributed by atoms with Gasteiger partial charge in [-0.3, -0.25) is 0 Å². The first-order valence-corrected chi connectivity index (χ1v) is 2.77. The van der Waals surface area contributed by atoms with Crippen LogP contribution in [0.15, 0.2) is 37.0 Å². The molecule has 2 heteroatoms. The molecule has 0 bridgehead atoms. The van der Waals surface area contributed by atoms with Gasteiger partial charge in [0.25, 0.3) is 0 Å². The number of hydrogen-bond donors (Lipinski definition) is 2. The van der Waals surface area contributed by atoms with Gasteiger partial charge in [0.2, 0.25) is 0 Å². The fourth-order valence-electron chi connectivity index (χ4n) is 0.804. The molecule has 0 saturated carbocycles. The summed E-state index contributed by atoms with van der Waals surface area (Å²) in [7, 11) is 0. The van der Waals surface area contributed by atoms with Gasteiger partial charge in [-0.05, 0) is 0 Å². The molecule has 1 heterocycles. The zero-order valence-electron chi connectivity index (χ0n) is 5.33. The van der Waals surface area contributed by atoms with Crippen LogP contribution in [0.1, 0.15) is 6.42 Å². The van der Waals surface area contributed by atoms with E-state index < -0.39 is 0 Å². The van der Waals surface area contributed by atoms with Gasteiger partial charge in [0.15, 0.2) is 0 Å². The first kappa shape index (κ1) is 5.95. The van der Waals surface area contributed by atoms with Crippen LogP contribution in [0.2, 0.25) is 0 Å². The molecule has 0 aromatic carbocycles. The Morgan fingerprint density at radius 1 is 1.00 bits per heavy atom. The Morgan fingerprint density at radius 3 is 1.78 bits per heavy atom. The Bertz CT molecular complexity index is 134. The maximum Gasteiger partial charge on any atom is 0.0996 e. The molecule has 0 spiro atoms. The van der Waals surface area contributed by atoms with Crippen molar-refractivity contribution in [3.05, 3.63) is 37.0 Å². The number of rotatable bonds is 0. The van der Waals surface area contributed by atoms with E-state index in [0.717, 1.165) is 23.6 Å². The fraction of sp³-hybridized carbons (Fsp3) is 0.143. The average Bonchev–Trinajstić information content (AvgIpc) is 1.59. The van der Waals surface area contributed by atoms with Gasteiger partial charge in [0.05, 0.1) is 5.82 Å². The standard InChI is InChI=1S/C7H10N2/c1-5-4-6(2)9-7(3)8-5/h8-9H,1-4H2. The van der Waals surface area contributed by atoms with E-state index in [9.17, 15) is 0 Å². The average molecular weight is 122 g/mol. The topological polar surface area (TPSA) is 24.1 Å². The van der Waals surface area contributed by atoms with Crippen LogP contribution in [-0.4, -0.2) is 0 Å². The van der Waals surface area contributed by atoms with Crippen molar-refractivity contribution in [3.8, 4) is 0 Å². The van der Waals surface area contributed by atoms with Crippen molar-refractivity contribution in [3.63, 3.8) is 0 Å². The molecule has 1 rings (SSSR count). The molecule has 0 aromatic rings. The van der Waals surface area contributed by atoms with E-state index in [1.807, 2.05) is 0 Å². The number of hydrogen-bond acceptors (Lipinski definition) is 2. The Balaban J connectivity index is 2.64. The van der Waals surface area contributed by atoms with Gasteiger partial charge in [-0.15, -0.1) is 0 Å². The lowest BCUT2D eigenvalue weighted by Crippen LogP contribution is -2.30. The lowest BCUT2D eigenvalue weighted by molar-refractivity contribution is 0.730. The summed E-state index contributed by atoms with van der Waals surface area (Å²) in [5.41, 5.74) is 1.90. The SMILES string of the molecule is C=C1CC(=C)NC(=C)N1. The second-order valence-electron chi connectivity index (χ2n) is 2.11. The van der Waals surface area contributed by atoms with Gasteiger partial charge in [0.1, 0.15) is 0 Å². The summed E-state index contributed by atoms with van der Waals surface area (Å²) >= 11 is 0. The molecule has 1 fully saturated rings. The Kier molecular flexibility index (Phi) is 1.30. The molecular weight excluding hydrogens is 112 g/mol. The summed E-state index contributed by atoms with van der Waals surface area (Å²) in [5.74, 6) is 0.760. The van der Waals surface area contributed by atoms with Crippen LogP contribution >= 0.6 is 0 Å². The van der Waals surface area contributed by atoms with E-state index >= 15 is 0 Å². The first-order chi connectivity index (χ1) is 4.18. The summed E-state index contributed by atoms with van der Waals surface area (Å²) in [6.07, 6.45) is 0.791. The summed E-state index contributed by atoms with van der Waals surface area (Å²) < 4.78 is 0. The highest BCUT2D eigenvalue weighted by atomic mass is 15.1. The van der Waals surface area contributed by atoms with E-state index in [4.69, 9.17) is 0 Å². The van der Waals surface area contributed by atoms with Gasteiger partial charge in [-0.1, -0.05) is 19.7 Å². The highest BCUT2D eigenvalue weighted by Gasteiger charge is 2.06. The highest BCUT2D eigenvalue weighted by molar-refractivity contribution is 5.20. The van der Waals surface area contributed by atoms with Crippen molar-refractivity contribution in [2.45, 2.75) is 6.42 Å². The summed E-state index contributed by atoms with van der Waals surface area (Å²) in [6.45, 7) is 11.2. The number of nitrogens with one attached hydrogen (secondary N) is 2. The smallest absolute Gasteiger partial charge is 0.0996 e. The van der Waals surface area contributed by atoms with Crippen molar-refractivity contribution in [2.75, 3.05) is 0 Å². The quantitative estimate of drug-likeness (QED) is 0.502. The first-order valence-electron chi connectivity index (χ1n) is 2.77. The van der Waals surface area contributed by atoms with Crippen LogP contribution in [-0.2, 0) is 0 Å². The van der Waals surface area contributed by atoms with E-state index in [-0.39, 0.29) is 0 Å². The minimum Gasteiger partial charge on any atom is -0.346 e. The maximum absolute atomic E-state index is 3.74. The van der Waals surface area contributed by atoms with E-state index in [1.54, 1.807) is 0 Å². The van der Waals surface area contributed by atoms with Crippen LogP contribution < -0.4 is 10.6 Å². The molecule has 0 amide bonds. The molecule has 1 saturated heterocycles. The monoisotopic (exact) mass is 122 g/mol. The molecule has 1 aliphatic rings. The molecule has 0 unspecified atom stereocenters. The van der Waals surface area contributed by atoms with Crippen LogP contribution in [0.3, 0.4) is 0 Å². The third kappa shape index (κ3) is 1.35. The largest absolute Gasteiger partial charge is 0.346 e. The van der Waals surface area contributed by atoms with Gasteiger partial charge in [0, 0.05) is 17.8 Å². The Labute approximate surface area is 55.0 Å². The molecule has 2 nitrogen and oxygen atoms in total.